The van der Waals surface area contributed by atoms with Crippen molar-refractivity contribution in [3.05, 3.63) is 82.7 Å². The number of nitrogens with zero attached hydrogens (tertiary/aromatic N) is 3. The zero-order chi connectivity index (χ0) is 22.8. The first-order valence-electron chi connectivity index (χ1n) is 11.4. The van der Waals surface area contributed by atoms with Crippen molar-refractivity contribution in [2.24, 2.45) is 7.05 Å². The molecule has 6 heteroatoms. The molecule has 1 fully saturated rings. The van der Waals surface area contributed by atoms with Crippen molar-refractivity contribution < 1.29 is 9.53 Å². The van der Waals surface area contributed by atoms with E-state index in [1.165, 1.54) is 22.0 Å². The molecule has 2 aromatic carbocycles. The second kappa shape index (κ2) is 9.32. The lowest BCUT2D eigenvalue weighted by Crippen LogP contribution is -2.49. The standard InChI is InChI=1S/C27H29N3O2S/c1-28-18-23(21-7-3-4-8-24(21)28)22(20-11-16-33-19-20)17-27(31)30-14-12-29(13-15-30)25-9-5-6-10-26(25)32-2/h3-11,16,18-19,22H,12-15,17H2,1-2H3. The summed E-state index contributed by atoms with van der Waals surface area (Å²) < 4.78 is 7.70. The van der Waals surface area contributed by atoms with Gasteiger partial charge in [-0.3, -0.25) is 4.79 Å². The van der Waals surface area contributed by atoms with Crippen molar-refractivity contribution in [3.8, 4) is 5.75 Å². The fourth-order valence-electron chi connectivity index (χ4n) is 4.92. The molecule has 0 saturated carbocycles. The molecule has 5 nitrogen and oxygen atoms in total. The Morgan fingerprint density at radius 2 is 1.79 bits per heavy atom. The molecule has 0 radical (unpaired) electrons. The number of methoxy groups -OCH3 is 1. The van der Waals surface area contributed by atoms with Gasteiger partial charge in [0.1, 0.15) is 5.75 Å². The van der Waals surface area contributed by atoms with Gasteiger partial charge in [-0.05, 0) is 46.2 Å². The van der Waals surface area contributed by atoms with Crippen molar-refractivity contribution in [2.75, 3.05) is 38.2 Å². The Kier molecular flexibility index (Phi) is 6.09. The van der Waals surface area contributed by atoms with Crippen LogP contribution >= 0.6 is 11.3 Å². The minimum Gasteiger partial charge on any atom is -0.495 e. The van der Waals surface area contributed by atoms with Crippen LogP contribution in [-0.4, -0.2) is 48.7 Å². The van der Waals surface area contributed by atoms with E-state index < -0.39 is 0 Å². The Bertz CT molecular complexity index is 1240. The number of piperazine rings is 1. The fraction of sp³-hybridized carbons (Fsp3) is 0.296. The summed E-state index contributed by atoms with van der Waals surface area (Å²) in [7, 11) is 3.78. The minimum absolute atomic E-state index is 0.0575. The number of aryl methyl sites for hydroxylation is 1. The first-order valence-corrected chi connectivity index (χ1v) is 12.3. The van der Waals surface area contributed by atoms with Crippen molar-refractivity contribution in [3.63, 3.8) is 0 Å². The summed E-state index contributed by atoms with van der Waals surface area (Å²) in [6.07, 6.45) is 2.68. The number of amides is 1. The third-order valence-electron chi connectivity index (χ3n) is 6.69. The highest BCUT2D eigenvalue weighted by Gasteiger charge is 2.28. The summed E-state index contributed by atoms with van der Waals surface area (Å²) in [6.45, 7) is 3.07. The molecule has 0 bridgehead atoms. The molecule has 0 aliphatic carbocycles. The van der Waals surface area contributed by atoms with E-state index in [4.69, 9.17) is 4.74 Å². The van der Waals surface area contributed by atoms with Crippen molar-refractivity contribution in [1.29, 1.82) is 0 Å². The van der Waals surface area contributed by atoms with Crippen LogP contribution in [0.25, 0.3) is 10.9 Å². The number of anilines is 1. The molecule has 0 N–H and O–H groups in total. The number of benzene rings is 2. The number of carbonyl (C=O) groups is 1. The van der Waals surface area contributed by atoms with E-state index in [0.717, 1.165) is 37.6 Å². The smallest absolute Gasteiger partial charge is 0.223 e. The minimum atomic E-state index is 0.0575. The topological polar surface area (TPSA) is 37.7 Å². The van der Waals surface area contributed by atoms with Gasteiger partial charge in [-0.1, -0.05) is 30.3 Å². The molecule has 1 aliphatic heterocycles. The monoisotopic (exact) mass is 459 g/mol. The zero-order valence-corrected chi connectivity index (χ0v) is 19.9. The van der Waals surface area contributed by atoms with Crippen LogP contribution in [0.2, 0.25) is 0 Å². The molecule has 1 saturated heterocycles. The number of hydrogen-bond donors (Lipinski definition) is 0. The van der Waals surface area contributed by atoms with Gasteiger partial charge in [0.15, 0.2) is 0 Å². The maximum atomic E-state index is 13.5. The number of hydrogen-bond acceptors (Lipinski definition) is 4. The zero-order valence-electron chi connectivity index (χ0n) is 19.1. The molecule has 3 heterocycles. The highest BCUT2D eigenvalue weighted by atomic mass is 32.1. The molecule has 0 spiro atoms. The quantitative estimate of drug-likeness (QED) is 0.402. The summed E-state index contributed by atoms with van der Waals surface area (Å²) in [5, 5.41) is 5.51. The summed E-state index contributed by atoms with van der Waals surface area (Å²) in [5.41, 5.74) is 4.74. The number of fused-ring (bicyclic) bond motifs is 1. The average Bonchev–Trinajstić information content (AvgIpc) is 3.51. The van der Waals surface area contributed by atoms with Crippen LogP contribution in [0.5, 0.6) is 5.75 Å². The summed E-state index contributed by atoms with van der Waals surface area (Å²) in [5.74, 6) is 1.16. The highest BCUT2D eigenvalue weighted by molar-refractivity contribution is 7.08. The number of ether oxygens (including phenoxy) is 1. The van der Waals surface area contributed by atoms with E-state index in [1.54, 1.807) is 18.4 Å². The van der Waals surface area contributed by atoms with E-state index >= 15 is 0 Å². The number of para-hydroxylation sites is 3. The molecule has 1 aliphatic rings. The van der Waals surface area contributed by atoms with Gasteiger partial charge < -0.3 is 19.1 Å². The van der Waals surface area contributed by atoms with Gasteiger partial charge in [0.25, 0.3) is 0 Å². The van der Waals surface area contributed by atoms with Gasteiger partial charge in [-0.15, -0.1) is 0 Å². The first-order chi connectivity index (χ1) is 16.2. The number of rotatable bonds is 6. The van der Waals surface area contributed by atoms with Gasteiger partial charge in [0.05, 0.1) is 12.8 Å². The van der Waals surface area contributed by atoms with Crippen LogP contribution in [0, 0.1) is 0 Å². The Morgan fingerprint density at radius 1 is 1.03 bits per heavy atom. The molecule has 4 aromatic rings. The first kappa shape index (κ1) is 21.6. The Morgan fingerprint density at radius 3 is 2.55 bits per heavy atom. The summed E-state index contributed by atoms with van der Waals surface area (Å²) in [6, 6.07) is 18.7. The molecule has 1 atom stereocenters. The van der Waals surface area contributed by atoms with Crippen LogP contribution in [-0.2, 0) is 11.8 Å². The average molecular weight is 460 g/mol. The van der Waals surface area contributed by atoms with Crippen molar-refractivity contribution in [2.45, 2.75) is 12.3 Å². The van der Waals surface area contributed by atoms with Gasteiger partial charge in [0, 0.05) is 62.7 Å². The predicted octanol–water partition coefficient (Wildman–Crippen LogP) is 5.12. The lowest BCUT2D eigenvalue weighted by Gasteiger charge is -2.37. The van der Waals surface area contributed by atoms with Crippen LogP contribution in [0.1, 0.15) is 23.5 Å². The van der Waals surface area contributed by atoms with Crippen molar-refractivity contribution in [1.82, 2.24) is 9.47 Å². The molecular formula is C27H29N3O2S. The number of aromatic nitrogens is 1. The van der Waals surface area contributed by atoms with Gasteiger partial charge in [0.2, 0.25) is 5.91 Å². The Balaban J connectivity index is 1.34. The number of thiophene rings is 1. The molecule has 33 heavy (non-hydrogen) atoms. The normalized spacial score (nSPS) is 15.1. The maximum absolute atomic E-state index is 13.5. The summed E-state index contributed by atoms with van der Waals surface area (Å²) >= 11 is 1.69. The molecule has 5 rings (SSSR count). The second-order valence-electron chi connectivity index (χ2n) is 8.57. The molecular weight excluding hydrogens is 430 g/mol. The molecule has 1 unspecified atom stereocenters. The van der Waals surface area contributed by atoms with Crippen LogP contribution in [0.3, 0.4) is 0 Å². The number of carbonyl (C=O) groups excluding carboxylic acids is 1. The van der Waals surface area contributed by atoms with Crippen LogP contribution in [0.4, 0.5) is 5.69 Å². The molecule has 1 amide bonds. The fourth-order valence-corrected chi connectivity index (χ4v) is 5.64. The lowest BCUT2D eigenvalue weighted by atomic mass is 9.89. The molecule has 170 valence electrons. The van der Waals surface area contributed by atoms with E-state index in [9.17, 15) is 4.79 Å². The van der Waals surface area contributed by atoms with E-state index in [0.29, 0.717) is 6.42 Å². The van der Waals surface area contributed by atoms with Gasteiger partial charge in [-0.25, -0.2) is 0 Å². The van der Waals surface area contributed by atoms with Gasteiger partial charge in [-0.2, -0.15) is 11.3 Å². The van der Waals surface area contributed by atoms with E-state index in [-0.39, 0.29) is 11.8 Å². The largest absolute Gasteiger partial charge is 0.495 e. The maximum Gasteiger partial charge on any atom is 0.223 e. The molecule has 2 aromatic heterocycles. The van der Waals surface area contributed by atoms with Crippen LogP contribution in [0.15, 0.2) is 71.6 Å². The summed E-state index contributed by atoms with van der Waals surface area (Å²) in [4.78, 5) is 17.8. The van der Waals surface area contributed by atoms with Crippen LogP contribution < -0.4 is 9.64 Å². The van der Waals surface area contributed by atoms with Crippen molar-refractivity contribution >= 4 is 33.8 Å². The lowest BCUT2D eigenvalue weighted by molar-refractivity contribution is -0.131. The highest BCUT2D eigenvalue weighted by Crippen LogP contribution is 2.36. The third-order valence-corrected chi connectivity index (χ3v) is 7.39. The SMILES string of the molecule is COc1ccccc1N1CCN(C(=O)CC(c2ccsc2)c2cn(C)c3ccccc23)CC1. The van der Waals surface area contributed by atoms with E-state index in [1.807, 2.05) is 23.1 Å². The van der Waals surface area contributed by atoms with E-state index in [2.05, 4.69) is 69.9 Å². The Labute approximate surface area is 198 Å². The predicted molar refractivity (Wildman–Crippen MR) is 135 cm³/mol. The van der Waals surface area contributed by atoms with Gasteiger partial charge >= 0.3 is 0 Å². The third kappa shape index (κ3) is 4.23. The second-order valence-corrected chi connectivity index (χ2v) is 9.35. The Hall–Kier alpha value is -3.25.